The number of nitrogens with zero attached hydrogens (tertiary/aromatic N) is 2. The average Bonchev–Trinajstić information content (AvgIpc) is 3.46. The summed E-state index contributed by atoms with van der Waals surface area (Å²) in [5, 5.41) is 3.86. The van der Waals surface area contributed by atoms with Crippen molar-refractivity contribution in [2.24, 2.45) is 35.5 Å². The fraction of sp³-hybridized carbons (Fsp3) is 1.00. The molecule has 0 aromatic rings. The maximum Gasteiger partial charge on any atom is 0.162 e. The second-order valence-corrected chi connectivity index (χ2v) is 18.3. The number of alkyl halides is 3. The zero-order valence-corrected chi connectivity index (χ0v) is 29.6. The van der Waals surface area contributed by atoms with Crippen molar-refractivity contribution in [1.82, 2.24) is 15.1 Å². The number of hydrogen-bond donors (Lipinski definition) is 1. The van der Waals surface area contributed by atoms with Crippen LogP contribution >= 0.6 is 0 Å². The molecule has 0 radical (unpaired) electrons. The summed E-state index contributed by atoms with van der Waals surface area (Å²) in [6, 6.07) is 4.93. The van der Waals surface area contributed by atoms with Crippen LogP contribution in [0.25, 0.3) is 0 Å². The highest BCUT2D eigenvalue weighted by molar-refractivity contribution is 5.09. The highest BCUT2D eigenvalue weighted by Crippen LogP contribution is 2.52. The maximum absolute atomic E-state index is 14.8. The third-order valence-corrected chi connectivity index (χ3v) is 16.1. The Morgan fingerprint density at radius 1 is 0.468 bits per heavy atom. The first-order valence-corrected chi connectivity index (χ1v) is 21.2. The quantitative estimate of drug-likeness (QED) is 0.306. The molecule has 2 aliphatic heterocycles. The van der Waals surface area contributed by atoms with Crippen LogP contribution in [0.2, 0.25) is 0 Å². The minimum atomic E-state index is -1.89. The van der Waals surface area contributed by atoms with Crippen LogP contribution in [0.3, 0.4) is 0 Å². The maximum atomic E-state index is 14.8. The highest BCUT2D eigenvalue weighted by atomic mass is 19.2. The number of likely N-dealkylation sites (tertiary alicyclic amines) is 1. The van der Waals surface area contributed by atoms with Gasteiger partial charge in [-0.15, -0.1) is 0 Å². The van der Waals surface area contributed by atoms with Gasteiger partial charge in [-0.25, -0.2) is 13.2 Å². The molecule has 6 heteroatoms. The molecule has 2 saturated heterocycles. The summed E-state index contributed by atoms with van der Waals surface area (Å²) in [5.41, 5.74) is 0. The molecule has 6 saturated carbocycles. The summed E-state index contributed by atoms with van der Waals surface area (Å²) in [5.74, 6) is 3.33. The highest BCUT2D eigenvalue weighted by Gasteiger charge is 2.55. The van der Waals surface area contributed by atoms with Crippen LogP contribution in [0.5, 0.6) is 0 Å². The van der Waals surface area contributed by atoms with E-state index in [1.165, 1.54) is 142 Å². The van der Waals surface area contributed by atoms with Gasteiger partial charge in [0, 0.05) is 36.3 Å². The fourth-order valence-electron chi connectivity index (χ4n) is 13.9. The topological polar surface area (TPSA) is 18.5 Å². The molecule has 8 fully saturated rings. The first kappa shape index (κ1) is 33.8. The number of nitrogens with one attached hydrogen (secondary N) is 1. The molecule has 0 aromatic carbocycles. The van der Waals surface area contributed by atoms with Crippen molar-refractivity contribution < 1.29 is 13.2 Å². The summed E-state index contributed by atoms with van der Waals surface area (Å²) in [4.78, 5) is 6.36. The van der Waals surface area contributed by atoms with Gasteiger partial charge in [0.25, 0.3) is 0 Å². The molecule has 1 N–H and O–H groups in total. The van der Waals surface area contributed by atoms with Crippen LogP contribution in [0.15, 0.2) is 0 Å². The van der Waals surface area contributed by atoms with Gasteiger partial charge in [-0.05, 0) is 164 Å². The van der Waals surface area contributed by atoms with Crippen LogP contribution in [0.4, 0.5) is 13.2 Å². The number of halogens is 3. The predicted molar refractivity (Wildman–Crippen MR) is 186 cm³/mol. The predicted octanol–water partition coefficient (Wildman–Crippen LogP) is 9.57. The van der Waals surface area contributed by atoms with E-state index in [0.29, 0.717) is 6.42 Å². The van der Waals surface area contributed by atoms with Gasteiger partial charge >= 0.3 is 0 Å². The second kappa shape index (κ2) is 15.1. The summed E-state index contributed by atoms with van der Waals surface area (Å²) in [6.07, 6.45) is 25.9. The smallest absolute Gasteiger partial charge is 0.162 e. The van der Waals surface area contributed by atoms with E-state index >= 15 is 0 Å². The molecule has 8 rings (SSSR count). The third-order valence-electron chi connectivity index (χ3n) is 16.1. The zero-order valence-electron chi connectivity index (χ0n) is 29.6. The van der Waals surface area contributed by atoms with E-state index in [1.54, 1.807) is 0 Å². The Kier molecular flexibility index (Phi) is 10.9. The van der Waals surface area contributed by atoms with Gasteiger partial charge in [-0.1, -0.05) is 38.5 Å². The van der Waals surface area contributed by atoms with Crippen molar-refractivity contribution in [3.05, 3.63) is 0 Å². The van der Waals surface area contributed by atoms with Crippen LogP contribution in [0.1, 0.15) is 154 Å². The van der Waals surface area contributed by atoms with Gasteiger partial charge in [-0.2, -0.15) is 0 Å². The molecule has 3 nitrogen and oxygen atoms in total. The Bertz CT molecular complexity index is 966. The van der Waals surface area contributed by atoms with Crippen LogP contribution < -0.4 is 5.32 Å². The fourth-order valence-corrected chi connectivity index (χ4v) is 13.9. The van der Waals surface area contributed by atoms with E-state index in [4.69, 9.17) is 0 Å². The van der Waals surface area contributed by atoms with Crippen LogP contribution in [-0.4, -0.2) is 77.7 Å². The zero-order chi connectivity index (χ0) is 31.9. The molecule has 0 bridgehead atoms. The summed E-state index contributed by atoms with van der Waals surface area (Å²) < 4.78 is 42.7. The van der Waals surface area contributed by atoms with Gasteiger partial charge in [-0.3, -0.25) is 9.80 Å². The Morgan fingerprint density at radius 2 is 1.06 bits per heavy atom. The molecule has 2 heterocycles. The van der Waals surface area contributed by atoms with E-state index in [-0.39, 0.29) is 18.3 Å². The van der Waals surface area contributed by atoms with Crippen molar-refractivity contribution in [3.63, 3.8) is 0 Å². The van der Waals surface area contributed by atoms with Gasteiger partial charge in [0.05, 0.1) is 0 Å². The lowest BCUT2D eigenvalue weighted by Crippen LogP contribution is -2.55. The van der Waals surface area contributed by atoms with Crippen molar-refractivity contribution in [2.75, 3.05) is 13.1 Å². The van der Waals surface area contributed by atoms with Crippen molar-refractivity contribution in [1.29, 1.82) is 0 Å². The van der Waals surface area contributed by atoms with Crippen molar-refractivity contribution in [3.8, 4) is 0 Å². The first-order valence-electron chi connectivity index (χ1n) is 21.2. The Labute approximate surface area is 285 Å². The van der Waals surface area contributed by atoms with Crippen molar-refractivity contribution >= 4 is 0 Å². The van der Waals surface area contributed by atoms with E-state index in [9.17, 15) is 13.2 Å². The lowest BCUT2D eigenvalue weighted by molar-refractivity contribution is -0.0271. The number of rotatable bonds is 6. The standard InChI is InChI=1S/C41H68F3N3/c42-37-21-20-34(40(43)41(37)44)29-13-11-27(12-14-29)28-15-17-32(18-16-28)47-38-22-19-33(25-35(38)36-26-45-24-23-39(36)47)46(30-7-3-1-4-8-30)31-9-5-2-6-10-31/h27-41,45H,1-26H2. The SMILES string of the molecule is FC1CCC(C2CCC(C3CCC(N4C5CCNCC5C5CC(N(C6CCCCC6)C6CCCCC6)CCC54)CC3)CC2)C(F)C1F. The molecule has 0 spiro atoms. The molecular weight excluding hydrogens is 591 g/mol. The van der Waals surface area contributed by atoms with Gasteiger partial charge < -0.3 is 5.32 Å². The van der Waals surface area contributed by atoms with E-state index in [2.05, 4.69) is 15.1 Å². The molecule has 6 aliphatic carbocycles. The normalized spacial score (nSPS) is 47.9. The van der Waals surface area contributed by atoms with Crippen LogP contribution in [-0.2, 0) is 0 Å². The molecule has 8 aliphatic rings. The first-order chi connectivity index (χ1) is 23.1. The van der Waals surface area contributed by atoms with E-state index in [0.717, 1.165) is 72.8 Å². The molecule has 0 amide bonds. The summed E-state index contributed by atoms with van der Waals surface area (Å²) in [6.45, 7) is 2.45. The largest absolute Gasteiger partial charge is 0.316 e. The molecule has 9 atom stereocenters. The molecule has 0 aromatic heterocycles. The number of piperidine rings is 1. The van der Waals surface area contributed by atoms with Gasteiger partial charge in [0.2, 0.25) is 0 Å². The average molecular weight is 660 g/mol. The molecule has 47 heavy (non-hydrogen) atoms. The van der Waals surface area contributed by atoms with Gasteiger partial charge in [0.15, 0.2) is 6.17 Å². The Hall–Kier alpha value is -0.330. The van der Waals surface area contributed by atoms with E-state index < -0.39 is 18.5 Å². The van der Waals surface area contributed by atoms with Gasteiger partial charge in [0.1, 0.15) is 12.3 Å². The third kappa shape index (κ3) is 6.86. The lowest BCUT2D eigenvalue weighted by Gasteiger charge is -2.50. The summed E-state index contributed by atoms with van der Waals surface area (Å²) >= 11 is 0. The molecular formula is C41H68F3N3. The Morgan fingerprint density at radius 3 is 1.72 bits per heavy atom. The molecule has 9 unspecified atom stereocenters. The number of fused-ring (bicyclic) bond motifs is 3. The van der Waals surface area contributed by atoms with E-state index in [1.807, 2.05) is 0 Å². The van der Waals surface area contributed by atoms with Crippen LogP contribution in [0, 0.1) is 35.5 Å². The monoisotopic (exact) mass is 660 g/mol. The Balaban J connectivity index is 0.887. The van der Waals surface area contributed by atoms with Crippen molar-refractivity contribution in [2.45, 2.75) is 209 Å². The summed E-state index contributed by atoms with van der Waals surface area (Å²) in [7, 11) is 0. The minimum absolute atomic E-state index is 0.215. The molecule has 268 valence electrons. The second-order valence-electron chi connectivity index (χ2n) is 18.3. The minimum Gasteiger partial charge on any atom is -0.316 e. The number of hydrogen-bond acceptors (Lipinski definition) is 3. The lowest BCUT2D eigenvalue weighted by atomic mass is 9.65.